The fraction of sp³-hybridized carbons (Fsp3) is 0.185. The molecule has 0 N–H and O–H groups in total. The number of hydrogen-bond donors (Lipinski definition) is 0. The van der Waals surface area contributed by atoms with Crippen molar-refractivity contribution in [3.8, 4) is 45.2 Å². The maximum atomic E-state index is 14.5. The van der Waals surface area contributed by atoms with Crippen LogP contribution in [-0.4, -0.2) is 39.6 Å². The minimum absolute atomic E-state index is 0.163. The van der Waals surface area contributed by atoms with E-state index in [0.29, 0.717) is 34.1 Å². The normalized spacial score (nSPS) is 10.8. The van der Waals surface area contributed by atoms with Gasteiger partial charge in [-0.05, 0) is 29.3 Å². The lowest BCUT2D eigenvalue weighted by Gasteiger charge is -2.19. The number of carbonyl (C=O) groups is 1. The third-order valence-electron chi connectivity index (χ3n) is 5.57. The Labute approximate surface area is 202 Å². The molecule has 4 rings (SSSR count). The van der Waals surface area contributed by atoms with Crippen molar-refractivity contribution in [2.24, 2.45) is 0 Å². The van der Waals surface area contributed by atoms with Crippen LogP contribution in [0.4, 0.5) is 4.39 Å². The number of rotatable bonds is 8. The second-order valence-electron chi connectivity index (χ2n) is 7.57. The monoisotopic (exact) mass is 477 g/mol. The van der Waals surface area contributed by atoms with Gasteiger partial charge in [-0.25, -0.2) is 9.18 Å². The second-order valence-corrected chi connectivity index (χ2v) is 7.57. The maximum absolute atomic E-state index is 14.5. The molecular weight excluding hydrogens is 453 g/mol. The third-order valence-corrected chi connectivity index (χ3v) is 5.57. The van der Waals surface area contributed by atoms with Crippen molar-refractivity contribution in [2.75, 3.05) is 28.4 Å². The Balaban J connectivity index is 1.84. The van der Waals surface area contributed by atoms with E-state index in [1.54, 1.807) is 33.5 Å². The Morgan fingerprint density at radius 2 is 1.71 bits per heavy atom. The first-order valence-electron chi connectivity index (χ1n) is 10.7. The number of aromatic nitrogens is 1. The fourth-order valence-electron chi connectivity index (χ4n) is 3.94. The van der Waals surface area contributed by atoms with Crippen molar-refractivity contribution >= 4 is 5.97 Å². The molecule has 0 aliphatic heterocycles. The number of hydrogen-bond acceptors (Lipinski definition) is 7. The van der Waals surface area contributed by atoms with Gasteiger partial charge in [-0.2, -0.15) is 0 Å². The maximum Gasteiger partial charge on any atom is 0.340 e. The van der Waals surface area contributed by atoms with E-state index in [1.807, 2.05) is 36.4 Å². The van der Waals surface area contributed by atoms with Gasteiger partial charge in [-0.15, -0.1) is 0 Å². The van der Waals surface area contributed by atoms with Crippen LogP contribution in [0.15, 0.2) is 65.2 Å². The fourth-order valence-corrected chi connectivity index (χ4v) is 3.94. The van der Waals surface area contributed by atoms with Gasteiger partial charge < -0.3 is 23.5 Å². The molecule has 1 heterocycles. The zero-order valence-corrected chi connectivity index (χ0v) is 19.8. The lowest BCUT2D eigenvalue weighted by Crippen LogP contribution is -2.04. The van der Waals surface area contributed by atoms with E-state index in [2.05, 4.69) is 9.89 Å². The summed E-state index contributed by atoms with van der Waals surface area (Å²) >= 11 is 0. The van der Waals surface area contributed by atoms with E-state index >= 15 is 0 Å². The summed E-state index contributed by atoms with van der Waals surface area (Å²) in [6.45, 7) is 0.283. The zero-order chi connectivity index (χ0) is 24.9. The van der Waals surface area contributed by atoms with Gasteiger partial charge in [0.15, 0.2) is 5.76 Å². The highest BCUT2D eigenvalue weighted by Crippen LogP contribution is 2.46. The highest BCUT2D eigenvalue weighted by molar-refractivity contribution is 5.90. The topological polar surface area (TPSA) is 80.0 Å². The molecule has 0 atom stereocenters. The van der Waals surface area contributed by atoms with Crippen molar-refractivity contribution in [1.82, 2.24) is 5.16 Å². The quantitative estimate of drug-likeness (QED) is 0.298. The smallest absolute Gasteiger partial charge is 0.340 e. The molecule has 0 amide bonds. The first kappa shape index (κ1) is 24.0. The van der Waals surface area contributed by atoms with Crippen LogP contribution < -0.4 is 9.47 Å². The lowest BCUT2D eigenvalue weighted by atomic mass is 9.94. The van der Waals surface area contributed by atoms with Crippen LogP contribution in [0.25, 0.3) is 33.7 Å². The van der Waals surface area contributed by atoms with Crippen LogP contribution in [0, 0.1) is 5.82 Å². The van der Waals surface area contributed by atoms with Gasteiger partial charge in [0.25, 0.3) is 0 Å². The second kappa shape index (κ2) is 10.4. The van der Waals surface area contributed by atoms with Crippen LogP contribution in [0.5, 0.6) is 11.5 Å². The molecule has 0 aliphatic rings. The highest BCUT2D eigenvalue weighted by Gasteiger charge is 2.25. The van der Waals surface area contributed by atoms with Crippen LogP contribution in [0.3, 0.4) is 0 Å². The van der Waals surface area contributed by atoms with E-state index < -0.39 is 11.8 Å². The summed E-state index contributed by atoms with van der Waals surface area (Å²) in [6.07, 6.45) is 0. The van der Waals surface area contributed by atoms with Crippen molar-refractivity contribution in [3.63, 3.8) is 0 Å². The van der Waals surface area contributed by atoms with E-state index in [9.17, 15) is 9.18 Å². The number of ether oxygens (including phenoxy) is 4. The molecule has 0 unspecified atom stereocenters. The summed E-state index contributed by atoms with van der Waals surface area (Å²) in [7, 11) is 5.92. The van der Waals surface area contributed by atoms with Gasteiger partial charge >= 0.3 is 5.97 Å². The number of nitrogens with zero attached hydrogens (tertiary/aromatic N) is 1. The van der Waals surface area contributed by atoms with Gasteiger partial charge in [0.2, 0.25) is 0 Å². The van der Waals surface area contributed by atoms with Crippen molar-refractivity contribution in [2.45, 2.75) is 6.61 Å². The molecular formula is C27H24FNO6. The number of halogens is 1. The minimum Gasteiger partial charge on any atom is -0.496 e. The molecule has 0 aliphatic carbocycles. The van der Waals surface area contributed by atoms with Gasteiger partial charge in [0.05, 0.1) is 33.5 Å². The molecule has 0 bridgehead atoms. The summed E-state index contributed by atoms with van der Waals surface area (Å²) in [4.78, 5) is 11.7. The number of benzene rings is 3. The van der Waals surface area contributed by atoms with Crippen molar-refractivity contribution < 1.29 is 32.7 Å². The first-order valence-corrected chi connectivity index (χ1v) is 10.7. The summed E-state index contributed by atoms with van der Waals surface area (Å²) in [5, 5.41) is 4.11. The van der Waals surface area contributed by atoms with Gasteiger partial charge in [0.1, 0.15) is 28.6 Å². The Bertz CT molecular complexity index is 1350. The van der Waals surface area contributed by atoms with E-state index in [1.165, 1.54) is 19.2 Å². The molecule has 1 aromatic heterocycles. The molecule has 4 aromatic rings. The Kier molecular flexibility index (Phi) is 7.12. The zero-order valence-electron chi connectivity index (χ0n) is 19.8. The largest absolute Gasteiger partial charge is 0.496 e. The van der Waals surface area contributed by atoms with E-state index in [0.717, 1.165) is 16.7 Å². The van der Waals surface area contributed by atoms with Crippen LogP contribution in [0.2, 0.25) is 0 Å². The average Bonchev–Trinajstić information content (AvgIpc) is 3.38. The summed E-state index contributed by atoms with van der Waals surface area (Å²) < 4.78 is 41.7. The van der Waals surface area contributed by atoms with Crippen molar-refractivity contribution in [3.05, 3.63) is 77.6 Å². The summed E-state index contributed by atoms with van der Waals surface area (Å²) in [6, 6.07) is 17.5. The predicted octanol–water partition coefficient (Wildman–Crippen LogP) is 5.76. The first-order chi connectivity index (χ1) is 17.0. The number of methoxy groups -OCH3 is 4. The van der Waals surface area contributed by atoms with Crippen LogP contribution in [-0.2, 0) is 16.1 Å². The summed E-state index contributed by atoms with van der Waals surface area (Å²) in [5.41, 5.74) is 3.87. The molecule has 0 saturated heterocycles. The van der Waals surface area contributed by atoms with Gasteiger partial charge in [-0.1, -0.05) is 41.6 Å². The Hall–Kier alpha value is -4.17. The van der Waals surface area contributed by atoms with Crippen molar-refractivity contribution in [1.29, 1.82) is 0 Å². The molecule has 3 aromatic carbocycles. The molecule has 8 heteroatoms. The van der Waals surface area contributed by atoms with Crippen LogP contribution >= 0.6 is 0 Å². The molecule has 0 spiro atoms. The molecule has 7 nitrogen and oxygen atoms in total. The minimum atomic E-state index is -0.756. The number of carbonyl (C=O) groups excluding carboxylic acids is 1. The predicted molar refractivity (Wildman–Crippen MR) is 128 cm³/mol. The number of esters is 1. The SMILES string of the molecule is COCc1c(-c2ccccc2)cc(OC)c(-c2cc(-c3ccc(C(=O)OC)c(F)c3)no2)c1OC. The van der Waals surface area contributed by atoms with Gasteiger partial charge in [-0.3, -0.25) is 0 Å². The third kappa shape index (κ3) is 4.61. The molecule has 35 heavy (non-hydrogen) atoms. The Morgan fingerprint density at radius 3 is 2.34 bits per heavy atom. The summed E-state index contributed by atoms with van der Waals surface area (Å²) in [5.74, 6) is -0.0873. The van der Waals surface area contributed by atoms with E-state index in [4.69, 9.17) is 18.7 Å². The molecule has 0 fully saturated rings. The average molecular weight is 477 g/mol. The van der Waals surface area contributed by atoms with Crippen LogP contribution in [0.1, 0.15) is 15.9 Å². The van der Waals surface area contributed by atoms with E-state index in [-0.39, 0.29) is 12.2 Å². The standard InChI is InChI=1S/C27H24FNO6/c1-31-15-20-19(16-8-6-5-7-9-16)13-23(32-2)25(26(20)33-3)24-14-22(29-35-24)17-10-11-18(21(28)12-17)27(30)34-4/h5-14H,15H2,1-4H3. The lowest BCUT2D eigenvalue weighted by molar-refractivity contribution is 0.0595. The Morgan fingerprint density at radius 1 is 0.943 bits per heavy atom. The molecule has 180 valence electrons. The molecule has 0 saturated carbocycles. The highest BCUT2D eigenvalue weighted by atomic mass is 19.1. The van der Waals surface area contributed by atoms with Gasteiger partial charge in [0, 0.05) is 24.3 Å². The molecule has 0 radical (unpaired) electrons.